The van der Waals surface area contributed by atoms with Crippen molar-refractivity contribution >= 4 is 11.6 Å². The number of pyridine rings is 1. The fraction of sp³-hybridized carbons (Fsp3) is 0.643. The normalized spacial score (nSPS) is 19.3. The third kappa shape index (κ3) is 4.77. The minimum absolute atomic E-state index is 0.0395. The molecule has 118 valence electrons. The first kappa shape index (κ1) is 15.9. The van der Waals surface area contributed by atoms with Gasteiger partial charge in [0.1, 0.15) is 11.6 Å². The maximum atomic E-state index is 12.9. The molecule has 1 aliphatic heterocycles. The van der Waals surface area contributed by atoms with Crippen molar-refractivity contribution in [3.05, 3.63) is 17.7 Å². The molecule has 21 heavy (non-hydrogen) atoms. The summed E-state index contributed by atoms with van der Waals surface area (Å²) < 4.78 is 44.2. The quantitative estimate of drug-likeness (QED) is 0.874. The van der Waals surface area contributed by atoms with E-state index in [2.05, 4.69) is 15.6 Å². The van der Waals surface area contributed by atoms with Crippen molar-refractivity contribution < 1.29 is 17.9 Å². The van der Waals surface area contributed by atoms with Gasteiger partial charge in [-0.25, -0.2) is 4.98 Å². The van der Waals surface area contributed by atoms with Crippen LogP contribution in [0.25, 0.3) is 0 Å². The number of hydrogen-bond donors (Lipinski definition) is 2. The van der Waals surface area contributed by atoms with E-state index < -0.39 is 11.7 Å². The van der Waals surface area contributed by atoms with Crippen molar-refractivity contribution in [2.24, 2.45) is 0 Å². The molecule has 1 aliphatic rings. The molecule has 2 N–H and O–H groups in total. The Kier molecular flexibility index (Phi) is 5.27. The molecule has 0 saturated carbocycles. The average Bonchev–Trinajstić information content (AvgIpc) is 2.45. The van der Waals surface area contributed by atoms with Crippen LogP contribution in [0.5, 0.6) is 0 Å². The predicted octanol–water partition coefficient (Wildman–Crippen LogP) is 3.51. The van der Waals surface area contributed by atoms with E-state index in [9.17, 15) is 13.2 Å². The van der Waals surface area contributed by atoms with Crippen molar-refractivity contribution in [2.45, 2.75) is 38.5 Å². The molecule has 0 amide bonds. The second kappa shape index (κ2) is 6.98. The summed E-state index contributed by atoms with van der Waals surface area (Å²) in [5.74, 6) is 0.439. The largest absolute Gasteiger partial charge is 0.416 e. The first-order valence-electron chi connectivity index (χ1n) is 7.17. The highest BCUT2D eigenvalue weighted by Crippen LogP contribution is 2.32. The van der Waals surface area contributed by atoms with E-state index in [1.807, 2.05) is 6.92 Å². The number of nitrogens with zero attached hydrogens (tertiary/aromatic N) is 1. The molecule has 1 unspecified atom stereocenters. The highest BCUT2D eigenvalue weighted by atomic mass is 19.4. The van der Waals surface area contributed by atoms with E-state index in [1.54, 1.807) is 0 Å². The number of hydrogen-bond acceptors (Lipinski definition) is 4. The van der Waals surface area contributed by atoms with Gasteiger partial charge in [0.05, 0.1) is 11.7 Å². The van der Waals surface area contributed by atoms with Gasteiger partial charge in [0.2, 0.25) is 0 Å². The maximum absolute atomic E-state index is 12.9. The van der Waals surface area contributed by atoms with Crippen molar-refractivity contribution in [3.63, 3.8) is 0 Å². The van der Waals surface area contributed by atoms with Crippen LogP contribution in [0.4, 0.5) is 24.8 Å². The lowest BCUT2D eigenvalue weighted by Crippen LogP contribution is -2.27. The second-order valence-corrected chi connectivity index (χ2v) is 5.02. The molecule has 1 saturated heterocycles. The molecule has 1 atom stereocenters. The first-order valence-corrected chi connectivity index (χ1v) is 7.17. The summed E-state index contributed by atoms with van der Waals surface area (Å²) in [6, 6.07) is 2.05. The van der Waals surface area contributed by atoms with E-state index in [1.165, 1.54) is 0 Å². The molecular formula is C14H20F3N3O. The zero-order chi connectivity index (χ0) is 15.3. The average molecular weight is 303 g/mol. The van der Waals surface area contributed by atoms with E-state index in [-0.39, 0.29) is 17.7 Å². The number of aromatic nitrogens is 1. The number of alkyl halides is 3. The molecule has 2 heterocycles. The van der Waals surface area contributed by atoms with Crippen LogP contribution in [-0.4, -0.2) is 30.8 Å². The number of rotatable bonds is 5. The number of halogens is 3. The summed E-state index contributed by atoms with van der Waals surface area (Å²) >= 11 is 0. The van der Waals surface area contributed by atoms with Crippen LogP contribution in [0.15, 0.2) is 12.1 Å². The van der Waals surface area contributed by atoms with Gasteiger partial charge in [0.15, 0.2) is 0 Å². The van der Waals surface area contributed by atoms with E-state index in [0.717, 1.165) is 31.4 Å². The second-order valence-electron chi connectivity index (χ2n) is 5.02. The molecular weight excluding hydrogens is 283 g/mol. The molecule has 0 aromatic carbocycles. The lowest BCUT2D eigenvalue weighted by molar-refractivity contribution is -0.137. The van der Waals surface area contributed by atoms with Crippen LogP contribution >= 0.6 is 0 Å². The fourth-order valence-electron chi connectivity index (χ4n) is 2.24. The fourth-order valence-corrected chi connectivity index (χ4v) is 2.24. The van der Waals surface area contributed by atoms with E-state index in [4.69, 9.17) is 4.74 Å². The van der Waals surface area contributed by atoms with Crippen LogP contribution in [-0.2, 0) is 10.9 Å². The van der Waals surface area contributed by atoms with Gasteiger partial charge in [-0.05, 0) is 38.3 Å². The summed E-state index contributed by atoms with van der Waals surface area (Å²) in [5.41, 5.74) is -0.708. The Balaban J connectivity index is 2.07. The van der Waals surface area contributed by atoms with Crippen molar-refractivity contribution in [2.75, 3.05) is 30.3 Å². The summed E-state index contributed by atoms with van der Waals surface area (Å²) in [6.07, 6.45) is -1.29. The summed E-state index contributed by atoms with van der Waals surface area (Å²) in [7, 11) is 0. The Morgan fingerprint density at radius 1 is 1.24 bits per heavy atom. The molecule has 0 aliphatic carbocycles. The molecule has 1 fully saturated rings. The molecule has 1 aromatic heterocycles. The number of ether oxygens (including phenoxy) is 1. The lowest BCUT2D eigenvalue weighted by Gasteiger charge is -2.23. The standard InChI is InChI=1S/C14H20F3N3O/c1-2-18-12-7-10(14(15,16)17)8-13(20-12)19-9-11-5-3-4-6-21-11/h7-8,11H,2-6,9H2,1H3,(H2,18,19,20). The predicted molar refractivity (Wildman–Crippen MR) is 75.5 cm³/mol. The van der Waals surface area contributed by atoms with Crippen LogP contribution in [0.2, 0.25) is 0 Å². The smallest absolute Gasteiger partial charge is 0.376 e. The van der Waals surface area contributed by atoms with Crippen LogP contribution in [0.1, 0.15) is 31.7 Å². The van der Waals surface area contributed by atoms with Crippen LogP contribution in [0, 0.1) is 0 Å². The van der Waals surface area contributed by atoms with Gasteiger partial charge in [0.25, 0.3) is 0 Å². The summed E-state index contributed by atoms with van der Waals surface area (Å²) in [6.45, 7) is 3.51. The molecule has 1 aromatic rings. The van der Waals surface area contributed by atoms with Gasteiger partial charge < -0.3 is 15.4 Å². The van der Waals surface area contributed by atoms with Gasteiger partial charge in [0, 0.05) is 19.7 Å². The van der Waals surface area contributed by atoms with Gasteiger partial charge in [-0.15, -0.1) is 0 Å². The Morgan fingerprint density at radius 3 is 2.52 bits per heavy atom. The van der Waals surface area contributed by atoms with Crippen LogP contribution < -0.4 is 10.6 Å². The highest BCUT2D eigenvalue weighted by molar-refractivity contribution is 5.49. The molecule has 7 heteroatoms. The summed E-state index contributed by atoms with van der Waals surface area (Å²) in [4.78, 5) is 4.14. The van der Waals surface area contributed by atoms with Gasteiger partial charge >= 0.3 is 6.18 Å². The zero-order valence-electron chi connectivity index (χ0n) is 12.0. The number of anilines is 2. The Bertz CT molecular complexity index is 459. The summed E-state index contributed by atoms with van der Waals surface area (Å²) in [5, 5.41) is 5.77. The van der Waals surface area contributed by atoms with Crippen molar-refractivity contribution in [1.29, 1.82) is 0 Å². The topological polar surface area (TPSA) is 46.2 Å². The third-order valence-electron chi connectivity index (χ3n) is 3.30. The lowest BCUT2D eigenvalue weighted by atomic mass is 10.1. The zero-order valence-corrected chi connectivity index (χ0v) is 12.0. The Morgan fingerprint density at radius 2 is 1.95 bits per heavy atom. The van der Waals surface area contributed by atoms with Crippen molar-refractivity contribution in [3.8, 4) is 0 Å². The van der Waals surface area contributed by atoms with Crippen molar-refractivity contribution in [1.82, 2.24) is 4.98 Å². The SMILES string of the molecule is CCNc1cc(C(F)(F)F)cc(NCC2CCCCO2)n1. The Hall–Kier alpha value is -1.50. The molecule has 0 radical (unpaired) electrons. The van der Waals surface area contributed by atoms with Gasteiger partial charge in [-0.1, -0.05) is 0 Å². The molecule has 4 nitrogen and oxygen atoms in total. The first-order chi connectivity index (χ1) is 9.99. The van der Waals surface area contributed by atoms with Gasteiger partial charge in [-0.3, -0.25) is 0 Å². The minimum atomic E-state index is -4.38. The highest BCUT2D eigenvalue weighted by Gasteiger charge is 2.31. The monoisotopic (exact) mass is 303 g/mol. The Labute approximate surface area is 122 Å². The van der Waals surface area contributed by atoms with E-state index >= 15 is 0 Å². The minimum Gasteiger partial charge on any atom is -0.376 e. The van der Waals surface area contributed by atoms with Gasteiger partial charge in [-0.2, -0.15) is 13.2 Å². The third-order valence-corrected chi connectivity index (χ3v) is 3.30. The van der Waals surface area contributed by atoms with Crippen LogP contribution in [0.3, 0.4) is 0 Å². The molecule has 2 rings (SSSR count). The van der Waals surface area contributed by atoms with E-state index in [0.29, 0.717) is 19.7 Å². The number of nitrogens with one attached hydrogen (secondary N) is 2. The molecule has 0 spiro atoms. The molecule has 0 bridgehead atoms. The maximum Gasteiger partial charge on any atom is 0.416 e.